The van der Waals surface area contributed by atoms with E-state index in [1.165, 1.54) is 6.07 Å². The Balaban J connectivity index is 2.06. The molecule has 2 aromatic carbocycles. The Morgan fingerprint density at radius 3 is 2.70 bits per heavy atom. The summed E-state index contributed by atoms with van der Waals surface area (Å²) in [7, 11) is 0. The monoisotopic (exact) mass is 268 g/mol. The van der Waals surface area contributed by atoms with E-state index in [1.807, 2.05) is 37.3 Å². The van der Waals surface area contributed by atoms with Crippen LogP contribution in [-0.4, -0.2) is 4.98 Å². The second-order valence-corrected chi connectivity index (χ2v) is 4.52. The molecule has 0 radical (unpaired) electrons. The van der Waals surface area contributed by atoms with E-state index >= 15 is 0 Å². The molecule has 1 heterocycles. The van der Waals surface area contributed by atoms with Gasteiger partial charge in [-0.15, -0.1) is 0 Å². The molecule has 0 bridgehead atoms. The SMILES string of the molecule is Cc1nc2ccccc2cc1Oc1cccc(F)c1N. The molecule has 3 nitrogen and oxygen atoms in total. The van der Waals surface area contributed by atoms with Crippen molar-refractivity contribution in [2.75, 3.05) is 5.73 Å². The second-order valence-electron chi connectivity index (χ2n) is 4.52. The highest BCUT2D eigenvalue weighted by Crippen LogP contribution is 2.32. The third kappa shape index (κ3) is 2.16. The van der Waals surface area contributed by atoms with E-state index in [2.05, 4.69) is 4.98 Å². The summed E-state index contributed by atoms with van der Waals surface area (Å²) in [4.78, 5) is 4.46. The second kappa shape index (κ2) is 4.81. The van der Waals surface area contributed by atoms with Gasteiger partial charge in [-0.1, -0.05) is 24.3 Å². The first-order valence-corrected chi connectivity index (χ1v) is 6.23. The van der Waals surface area contributed by atoms with Crippen LogP contribution in [0.25, 0.3) is 10.9 Å². The highest BCUT2D eigenvalue weighted by molar-refractivity contribution is 5.80. The number of aryl methyl sites for hydroxylation is 1. The molecular formula is C16H13FN2O. The number of halogens is 1. The number of ether oxygens (including phenoxy) is 1. The van der Waals surface area contributed by atoms with Gasteiger partial charge in [-0.3, -0.25) is 0 Å². The van der Waals surface area contributed by atoms with Gasteiger partial charge in [0, 0.05) is 5.39 Å². The molecule has 0 spiro atoms. The first kappa shape index (κ1) is 12.4. The lowest BCUT2D eigenvalue weighted by molar-refractivity contribution is 0.475. The zero-order valence-corrected chi connectivity index (χ0v) is 10.9. The average molecular weight is 268 g/mol. The summed E-state index contributed by atoms with van der Waals surface area (Å²) in [6.45, 7) is 1.84. The Labute approximate surface area is 115 Å². The van der Waals surface area contributed by atoms with E-state index in [0.29, 0.717) is 11.5 Å². The predicted molar refractivity (Wildman–Crippen MR) is 77.4 cm³/mol. The summed E-state index contributed by atoms with van der Waals surface area (Å²) in [5, 5.41) is 0.961. The molecule has 20 heavy (non-hydrogen) atoms. The molecule has 0 atom stereocenters. The molecule has 2 N–H and O–H groups in total. The Bertz CT molecular complexity index is 787. The van der Waals surface area contributed by atoms with Crippen LogP contribution in [0.2, 0.25) is 0 Å². The van der Waals surface area contributed by atoms with E-state index in [9.17, 15) is 4.39 Å². The largest absolute Gasteiger partial charge is 0.453 e. The normalized spacial score (nSPS) is 10.7. The Morgan fingerprint density at radius 1 is 1.05 bits per heavy atom. The fraction of sp³-hybridized carbons (Fsp3) is 0.0625. The lowest BCUT2D eigenvalue weighted by atomic mass is 10.2. The molecule has 3 aromatic rings. The van der Waals surface area contributed by atoms with Crippen LogP contribution in [0.3, 0.4) is 0 Å². The fourth-order valence-electron chi connectivity index (χ4n) is 2.02. The van der Waals surface area contributed by atoms with Crippen molar-refractivity contribution in [1.29, 1.82) is 0 Å². The maximum Gasteiger partial charge on any atom is 0.153 e. The molecule has 0 aliphatic rings. The van der Waals surface area contributed by atoms with Crippen LogP contribution >= 0.6 is 0 Å². The quantitative estimate of drug-likeness (QED) is 0.713. The van der Waals surface area contributed by atoms with Gasteiger partial charge in [-0.25, -0.2) is 9.37 Å². The summed E-state index contributed by atoms with van der Waals surface area (Å²) in [5.74, 6) is 0.375. The third-order valence-corrected chi connectivity index (χ3v) is 3.10. The lowest BCUT2D eigenvalue weighted by Crippen LogP contribution is -1.97. The van der Waals surface area contributed by atoms with Crippen LogP contribution in [0, 0.1) is 12.7 Å². The number of pyridine rings is 1. The number of nitrogens with two attached hydrogens (primary N) is 1. The molecule has 0 aliphatic heterocycles. The highest BCUT2D eigenvalue weighted by atomic mass is 19.1. The Kier molecular flexibility index (Phi) is 2.99. The molecule has 0 unspecified atom stereocenters. The number of para-hydroxylation sites is 2. The summed E-state index contributed by atoms with van der Waals surface area (Å²) in [5.41, 5.74) is 7.29. The molecule has 0 aliphatic carbocycles. The number of hydrogen-bond donors (Lipinski definition) is 1. The summed E-state index contributed by atoms with van der Waals surface area (Å²) in [6, 6.07) is 14.1. The van der Waals surface area contributed by atoms with Crippen molar-refractivity contribution in [2.24, 2.45) is 0 Å². The zero-order valence-electron chi connectivity index (χ0n) is 10.9. The van der Waals surface area contributed by atoms with Crippen molar-refractivity contribution >= 4 is 16.6 Å². The van der Waals surface area contributed by atoms with Gasteiger partial charge in [-0.05, 0) is 31.2 Å². The highest BCUT2D eigenvalue weighted by Gasteiger charge is 2.10. The van der Waals surface area contributed by atoms with Gasteiger partial charge >= 0.3 is 0 Å². The Hall–Kier alpha value is -2.62. The topological polar surface area (TPSA) is 48.1 Å². The first-order valence-electron chi connectivity index (χ1n) is 6.23. The zero-order chi connectivity index (χ0) is 14.1. The van der Waals surface area contributed by atoms with Crippen molar-refractivity contribution in [3.8, 4) is 11.5 Å². The van der Waals surface area contributed by atoms with E-state index in [0.717, 1.165) is 16.6 Å². The van der Waals surface area contributed by atoms with Crippen molar-refractivity contribution in [2.45, 2.75) is 6.92 Å². The summed E-state index contributed by atoms with van der Waals surface area (Å²) in [6.07, 6.45) is 0. The molecule has 0 saturated heterocycles. The minimum atomic E-state index is -0.492. The van der Waals surface area contributed by atoms with Crippen molar-refractivity contribution in [1.82, 2.24) is 4.98 Å². The standard InChI is InChI=1S/C16H13FN2O/c1-10-15(9-11-5-2-3-7-13(11)19-10)20-14-8-4-6-12(17)16(14)18/h2-9H,18H2,1H3. The number of hydrogen-bond acceptors (Lipinski definition) is 3. The van der Waals surface area contributed by atoms with Crippen LogP contribution in [-0.2, 0) is 0 Å². The van der Waals surface area contributed by atoms with Crippen LogP contribution in [0.1, 0.15) is 5.69 Å². The van der Waals surface area contributed by atoms with Gasteiger partial charge in [0.1, 0.15) is 17.3 Å². The molecule has 3 rings (SSSR count). The van der Waals surface area contributed by atoms with Crippen LogP contribution in [0.5, 0.6) is 11.5 Å². The summed E-state index contributed by atoms with van der Waals surface area (Å²) >= 11 is 0. The van der Waals surface area contributed by atoms with E-state index in [1.54, 1.807) is 12.1 Å². The fourth-order valence-corrected chi connectivity index (χ4v) is 2.02. The number of nitrogens with zero attached hydrogens (tertiary/aromatic N) is 1. The molecule has 100 valence electrons. The molecule has 4 heteroatoms. The number of fused-ring (bicyclic) bond motifs is 1. The minimum Gasteiger partial charge on any atom is -0.453 e. The number of benzene rings is 2. The average Bonchev–Trinajstić information content (AvgIpc) is 2.44. The smallest absolute Gasteiger partial charge is 0.153 e. The van der Waals surface area contributed by atoms with E-state index in [-0.39, 0.29) is 5.69 Å². The van der Waals surface area contributed by atoms with Gasteiger partial charge < -0.3 is 10.5 Å². The van der Waals surface area contributed by atoms with Crippen molar-refractivity contribution < 1.29 is 9.13 Å². The number of nitrogen functional groups attached to an aromatic ring is 1. The van der Waals surface area contributed by atoms with Crippen LogP contribution in [0.15, 0.2) is 48.5 Å². The molecule has 1 aromatic heterocycles. The van der Waals surface area contributed by atoms with Gasteiger partial charge in [0.15, 0.2) is 5.75 Å². The number of aromatic nitrogens is 1. The van der Waals surface area contributed by atoms with Crippen LogP contribution in [0.4, 0.5) is 10.1 Å². The summed E-state index contributed by atoms with van der Waals surface area (Å²) < 4.78 is 19.1. The van der Waals surface area contributed by atoms with Gasteiger partial charge in [0.2, 0.25) is 0 Å². The predicted octanol–water partition coefficient (Wildman–Crippen LogP) is 4.06. The van der Waals surface area contributed by atoms with Crippen molar-refractivity contribution in [3.05, 3.63) is 60.0 Å². The minimum absolute atomic E-state index is 0.0000543. The van der Waals surface area contributed by atoms with Gasteiger partial charge in [-0.2, -0.15) is 0 Å². The first-order chi connectivity index (χ1) is 9.65. The van der Waals surface area contributed by atoms with E-state index < -0.39 is 5.82 Å². The van der Waals surface area contributed by atoms with Crippen molar-refractivity contribution in [3.63, 3.8) is 0 Å². The molecule has 0 amide bonds. The van der Waals surface area contributed by atoms with Crippen LogP contribution < -0.4 is 10.5 Å². The maximum atomic E-state index is 13.4. The Morgan fingerprint density at radius 2 is 1.85 bits per heavy atom. The van der Waals surface area contributed by atoms with Gasteiger partial charge in [0.05, 0.1) is 11.2 Å². The molecule has 0 saturated carbocycles. The lowest BCUT2D eigenvalue weighted by Gasteiger charge is -2.11. The van der Waals surface area contributed by atoms with E-state index in [4.69, 9.17) is 10.5 Å². The molecule has 0 fully saturated rings. The third-order valence-electron chi connectivity index (χ3n) is 3.10. The van der Waals surface area contributed by atoms with Gasteiger partial charge in [0.25, 0.3) is 0 Å². The number of anilines is 1. The maximum absolute atomic E-state index is 13.4. The molecular weight excluding hydrogens is 255 g/mol. The number of rotatable bonds is 2.